The number of ether oxygens (including phenoxy) is 1. The minimum absolute atomic E-state index is 0.147. The van der Waals surface area contributed by atoms with Crippen molar-refractivity contribution in [1.82, 2.24) is 9.97 Å². The van der Waals surface area contributed by atoms with Crippen LogP contribution in [-0.2, 0) is 22.4 Å². The molecule has 8 nitrogen and oxygen atoms in total. The van der Waals surface area contributed by atoms with Crippen molar-refractivity contribution in [2.75, 3.05) is 18.2 Å². The van der Waals surface area contributed by atoms with E-state index in [4.69, 9.17) is 13.6 Å². The average molecular weight is 526 g/mol. The SMILES string of the molecule is COC(=O)c1c(NC(=O)CCSc2nc(-c3ccco3)c(-c3ccco3)[nH]2)sc2c1CCCCCC2. The summed E-state index contributed by atoms with van der Waals surface area (Å²) < 4.78 is 16.1. The molecular formula is C26H27N3O5S2. The van der Waals surface area contributed by atoms with Gasteiger partial charge in [0.05, 0.1) is 25.2 Å². The van der Waals surface area contributed by atoms with Gasteiger partial charge in [-0.2, -0.15) is 0 Å². The Labute approximate surface area is 216 Å². The molecule has 0 aliphatic heterocycles. The molecule has 4 heterocycles. The summed E-state index contributed by atoms with van der Waals surface area (Å²) in [7, 11) is 1.38. The number of esters is 1. The van der Waals surface area contributed by atoms with E-state index in [-0.39, 0.29) is 18.3 Å². The Balaban J connectivity index is 1.26. The van der Waals surface area contributed by atoms with E-state index < -0.39 is 0 Å². The smallest absolute Gasteiger partial charge is 0.341 e. The molecule has 0 aromatic carbocycles. The number of H-pyrrole nitrogens is 1. The third-order valence-corrected chi connectivity index (χ3v) is 8.17. The molecule has 2 N–H and O–H groups in total. The number of carbonyl (C=O) groups is 2. The van der Waals surface area contributed by atoms with E-state index in [0.717, 1.165) is 43.4 Å². The van der Waals surface area contributed by atoms with Crippen molar-refractivity contribution in [1.29, 1.82) is 0 Å². The van der Waals surface area contributed by atoms with Crippen molar-refractivity contribution in [3.8, 4) is 22.9 Å². The van der Waals surface area contributed by atoms with E-state index >= 15 is 0 Å². The van der Waals surface area contributed by atoms with Crippen LogP contribution in [0.25, 0.3) is 22.9 Å². The predicted molar refractivity (Wildman–Crippen MR) is 139 cm³/mol. The lowest BCUT2D eigenvalue weighted by Crippen LogP contribution is -2.15. The van der Waals surface area contributed by atoms with Gasteiger partial charge in [0.25, 0.3) is 0 Å². The Morgan fingerprint density at radius 3 is 2.58 bits per heavy atom. The Hall–Kier alpha value is -3.24. The molecule has 36 heavy (non-hydrogen) atoms. The zero-order chi connectivity index (χ0) is 24.9. The van der Waals surface area contributed by atoms with Gasteiger partial charge in [0.1, 0.15) is 16.4 Å². The molecule has 10 heteroatoms. The summed E-state index contributed by atoms with van der Waals surface area (Å²) in [6.45, 7) is 0. The first-order valence-electron chi connectivity index (χ1n) is 12.0. The van der Waals surface area contributed by atoms with Crippen LogP contribution in [0.3, 0.4) is 0 Å². The van der Waals surface area contributed by atoms with Crippen LogP contribution in [0.5, 0.6) is 0 Å². The monoisotopic (exact) mass is 525 g/mol. The number of hydrogen-bond acceptors (Lipinski definition) is 8. The molecule has 0 bridgehead atoms. The predicted octanol–water partition coefficient (Wildman–Crippen LogP) is 6.56. The highest BCUT2D eigenvalue weighted by atomic mass is 32.2. The van der Waals surface area contributed by atoms with E-state index in [1.807, 2.05) is 24.3 Å². The van der Waals surface area contributed by atoms with Crippen LogP contribution < -0.4 is 5.32 Å². The summed E-state index contributed by atoms with van der Waals surface area (Å²) in [4.78, 5) is 34.5. The Kier molecular flexibility index (Phi) is 7.62. The highest BCUT2D eigenvalue weighted by Crippen LogP contribution is 2.38. The molecule has 1 amide bonds. The van der Waals surface area contributed by atoms with E-state index in [9.17, 15) is 9.59 Å². The number of methoxy groups -OCH3 is 1. The quantitative estimate of drug-likeness (QED) is 0.198. The lowest BCUT2D eigenvalue weighted by Gasteiger charge is -2.11. The average Bonchev–Trinajstić information content (AvgIpc) is 3.65. The van der Waals surface area contributed by atoms with E-state index in [0.29, 0.717) is 38.7 Å². The number of rotatable bonds is 8. The van der Waals surface area contributed by atoms with Crippen molar-refractivity contribution >= 4 is 40.0 Å². The fourth-order valence-corrected chi connectivity index (χ4v) is 6.47. The molecule has 0 spiro atoms. The fraction of sp³-hybridized carbons (Fsp3) is 0.346. The topological polar surface area (TPSA) is 110 Å². The van der Waals surface area contributed by atoms with Gasteiger partial charge in [-0.3, -0.25) is 4.79 Å². The third kappa shape index (κ3) is 5.29. The number of aryl methyl sites for hydroxylation is 1. The van der Waals surface area contributed by atoms with Crippen molar-refractivity contribution in [2.24, 2.45) is 0 Å². The third-order valence-electron chi connectivity index (χ3n) is 6.09. The second kappa shape index (κ2) is 11.2. The summed E-state index contributed by atoms with van der Waals surface area (Å²) in [5.41, 5.74) is 2.95. The largest absolute Gasteiger partial charge is 0.465 e. The van der Waals surface area contributed by atoms with E-state index in [1.54, 1.807) is 12.5 Å². The number of aromatic amines is 1. The van der Waals surface area contributed by atoms with Gasteiger partial charge in [-0.1, -0.05) is 24.6 Å². The van der Waals surface area contributed by atoms with Crippen LogP contribution in [0.15, 0.2) is 50.8 Å². The maximum absolute atomic E-state index is 12.8. The zero-order valence-corrected chi connectivity index (χ0v) is 21.6. The number of anilines is 1. The lowest BCUT2D eigenvalue weighted by atomic mass is 9.96. The Morgan fingerprint density at radius 1 is 1.11 bits per heavy atom. The van der Waals surface area contributed by atoms with Crippen LogP contribution >= 0.6 is 23.1 Å². The van der Waals surface area contributed by atoms with Crippen LogP contribution in [0, 0.1) is 0 Å². The number of nitrogens with one attached hydrogen (secondary N) is 2. The number of thioether (sulfide) groups is 1. The molecule has 4 aromatic heterocycles. The van der Waals surface area contributed by atoms with Gasteiger partial charge < -0.3 is 23.9 Å². The molecule has 0 atom stereocenters. The Morgan fingerprint density at radius 2 is 1.86 bits per heavy atom. The molecule has 188 valence electrons. The summed E-state index contributed by atoms with van der Waals surface area (Å²) >= 11 is 2.95. The molecule has 1 aliphatic rings. The molecule has 0 fully saturated rings. The van der Waals surface area contributed by atoms with Crippen molar-refractivity contribution < 1.29 is 23.2 Å². The Bertz CT molecular complexity index is 1270. The molecule has 0 saturated carbocycles. The first-order chi connectivity index (χ1) is 17.6. The number of hydrogen-bond donors (Lipinski definition) is 2. The minimum atomic E-state index is -0.385. The normalized spacial score (nSPS) is 13.6. The highest BCUT2D eigenvalue weighted by Gasteiger charge is 2.26. The molecule has 1 aliphatic carbocycles. The van der Waals surface area contributed by atoms with Gasteiger partial charge in [-0.25, -0.2) is 9.78 Å². The van der Waals surface area contributed by atoms with Crippen molar-refractivity contribution in [3.05, 3.63) is 52.8 Å². The number of thiophene rings is 1. The first-order valence-corrected chi connectivity index (χ1v) is 13.8. The molecule has 0 saturated heterocycles. The number of aromatic nitrogens is 2. The number of imidazole rings is 1. The summed E-state index contributed by atoms with van der Waals surface area (Å²) in [6, 6.07) is 7.31. The molecule has 5 rings (SSSR count). The van der Waals surface area contributed by atoms with Crippen LogP contribution in [0.2, 0.25) is 0 Å². The summed E-state index contributed by atoms with van der Waals surface area (Å²) in [5, 5.41) is 4.24. The lowest BCUT2D eigenvalue weighted by molar-refractivity contribution is -0.115. The standard InChI is InChI=1S/C26H27N3O5S2/c1-32-25(31)21-16-8-4-2-3-5-11-19(16)36-24(21)27-20(30)12-15-35-26-28-22(17-9-6-13-33-17)23(29-26)18-10-7-14-34-18/h6-7,9-10,13-14H,2-5,8,11-12,15H2,1H3,(H,27,30)(H,28,29). The fourth-order valence-electron chi connectivity index (χ4n) is 4.37. The maximum Gasteiger partial charge on any atom is 0.341 e. The summed E-state index contributed by atoms with van der Waals surface area (Å²) in [6.07, 6.45) is 9.74. The van der Waals surface area contributed by atoms with Crippen LogP contribution in [0.4, 0.5) is 5.00 Å². The number of furan rings is 2. The molecule has 4 aromatic rings. The highest BCUT2D eigenvalue weighted by molar-refractivity contribution is 7.99. The number of fused-ring (bicyclic) bond motifs is 1. The maximum atomic E-state index is 12.8. The second-order valence-corrected chi connectivity index (χ2v) is 10.7. The van der Waals surface area contributed by atoms with Gasteiger partial charge in [0.15, 0.2) is 16.7 Å². The van der Waals surface area contributed by atoms with Gasteiger partial charge in [0, 0.05) is 17.1 Å². The van der Waals surface area contributed by atoms with Gasteiger partial charge in [0.2, 0.25) is 5.91 Å². The second-order valence-electron chi connectivity index (χ2n) is 8.48. The van der Waals surface area contributed by atoms with Crippen LogP contribution in [-0.4, -0.2) is 34.7 Å². The molecule has 0 unspecified atom stereocenters. The van der Waals surface area contributed by atoms with E-state index in [2.05, 4.69) is 15.3 Å². The van der Waals surface area contributed by atoms with Gasteiger partial charge >= 0.3 is 5.97 Å². The summed E-state index contributed by atoms with van der Waals surface area (Å²) in [5.74, 6) is 1.26. The number of carbonyl (C=O) groups excluding carboxylic acids is 2. The van der Waals surface area contributed by atoms with Crippen molar-refractivity contribution in [2.45, 2.75) is 50.1 Å². The molecule has 0 radical (unpaired) electrons. The number of amides is 1. The van der Waals surface area contributed by atoms with Crippen LogP contribution in [0.1, 0.15) is 52.9 Å². The van der Waals surface area contributed by atoms with Gasteiger partial charge in [-0.15, -0.1) is 11.3 Å². The zero-order valence-electron chi connectivity index (χ0n) is 19.9. The van der Waals surface area contributed by atoms with Crippen molar-refractivity contribution in [3.63, 3.8) is 0 Å². The molecular weight excluding hydrogens is 498 g/mol. The first kappa shape index (κ1) is 24.5. The van der Waals surface area contributed by atoms with E-state index in [1.165, 1.54) is 41.5 Å². The minimum Gasteiger partial charge on any atom is -0.465 e. The van der Waals surface area contributed by atoms with Gasteiger partial charge in [-0.05, 0) is 55.5 Å². The number of nitrogens with zero attached hydrogens (tertiary/aromatic N) is 1.